The molecule has 0 spiro atoms. The van der Waals surface area contributed by atoms with Gasteiger partial charge in [0.05, 0.1) is 26.4 Å². The van der Waals surface area contributed by atoms with Gasteiger partial charge in [-0.25, -0.2) is 9.13 Å². The van der Waals surface area contributed by atoms with Crippen molar-refractivity contribution in [2.24, 2.45) is 0 Å². The van der Waals surface area contributed by atoms with Crippen molar-refractivity contribution in [3.05, 3.63) is 170 Å². The van der Waals surface area contributed by atoms with Crippen LogP contribution in [-0.2, 0) is 55.8 Å². The van der Waals surface area contributed by atoms with Crippen LogP contribution >= 0.6 is 15.6 Å². The summed E-state index contributed by atoms with van der Waals surface area (Å²) < 4.78 is 61.5. The second-order valence-electron chi connectivity index (χ2n) is 32.1. The molecule has 0 aliphatic heterocycles. The van der Waals surface area contributed by atoms with Crippen molar-refractivity contribution in [3.63, 3.8) is 0 Å². The van der Waals surface area contributed by atoms with E-state index in [0.29, 0.717) is 19.3 Å². The van der Waals surface area contributed by atoms with Crippen LogP contribution in [0.1, 0.15) is 406 Å². The molecule has 0 aromatic rings. The van der Waals surface area contributed by atoms with Gasteiger partial charge in [-0.2, -0.15) is 0 Å². The molecular weight excluding hydrogens is 1560 g/mol. The Bertz CT molecular complexity index is 2880. The summed E-state index contributed by atoms with van der Waals surface area (Å²) in [7, 11) is -9.81. The van der Waals surface area contributed by atoms with Crippen LogP contribution in [0.2, 0.25) is 0 Å². The molecule has 0 amide bonds. The van der Waals surface area contributed by atoms with E-state index < -0.39 is 91.5 Å². The first-order valence-electron chi connectivity index (χ1n) is 48.4. The Hall–Kier alpha value is -5.09. The monoisotopic (exact) mass is 1730 g/mol. The number of carbonyl (C=O) groups is 3. The fourth-order valence-electron chi connectivity index (χ4n) is 13.2. The van der Waals surface area contributed by atoms with Crippen LogP contribution in [0.4, 0.5) is 0 Å². The van der Waals surface area contributed by atoms with Gasteiger partial charge in [0, 0.05) is 19.3 Å². The van der Waals surface area contributed by atoms with E-state index in [1.165, 1.54) is 180 Å². The lowest BCUT2D eigenvalue weighted by atomic mass is 10.0. The number of ether oxygens (including phenoxy) is 3. The predicted octanol–water partition coefficient (Wildman–Crippen LogP) is 30.2. The van der Waals surface area contributed by atoms with Gasteiger partial charge in [-0.15, -0.1) is 0 Å². The lowest BCUT2D eigenvalue weighted by molar-refractivity contribution is -0.161. The normalized spacial score (nSPS) is 14.5. The van der Waals surface area contributed by atoms with Crippen molar-refractivity contribution in [2.45, 2.75) is 424 Å². The summed E-state index contributed by atoms with van der Waals surface area (Å²) in [5, 5.41) is 20.8. The lowest BCUT2D eigenvalue weighted by Crippen LogP contribution is -2.30. The van der Waals surface area contributed by atoms with Crippen LogP contribution < -0.4 is 0 Å². The molecule has 694 valence electrons. The molecule has 0 radical (unpaired) electrons. The number of carbonyl (C=O) groups excluding carboxylic acids is 3. The lowest BCUT2D eigenvalue weighted by Gasteiger charge is -2.21. The molecule has 0 saturated heterocycles. The van der Waals surface area contributed by atoms with E-state index in [0.717, 1.165) is 167 Å². The van der Waals surface area contributed by atoms with Crippen LogP contribution in [0.3, 0.4) is 0 Å². The molecule has 0 rings (SSSR count). The van der Waals surface area contributed by atoms with Gasteiger partial charge in [0.1, 0.15) is 25.4 Å². The van der Waals surface area contributed by atoms with E-state index in [2.05, 4.69) is 191 Å². The molecule has 16 nitrogen and oxygen atoms in total. The molecule has 0 aromatic carbocycles. The summed E-state index contributed by atoms with van der Waals surface area (Å²) in [5.74, 6) is -1.58. The smallest absolute Gasteiger partial charge is 0.463 e. The maximum Gasteiger partial charge on any atom is 0.472 e. The van der Waals surface area contributed by atoms with E-state index in [1.807, 2.05) is 0 Å². The third kappa shape index (κ3) is 95.4. The number of hydrogen-bond donors (Lipinski definition) is 4. The van der Waals surface area contributed by atoms with Gasteiger partial charge in [-0.05, 0) is 148 Å². The summed E-state index contributed by atoms with van der Waals surface area (Å²) in [6.45, 7) is 2.38. The zero-order valence-corrected chi connectivity index (χ0v) is 78.4. The minimum absolute atomic E-state index is 0.0863. The van der Waals surface area contributed by atoms with Gasteiger partial charge >= 0.3 is 33.6 Å². The van der Waals surface area contributed by atoms with Crippen molar-refractivity contribution in [1.82, 2.24) is 0 Å². The molecule has 4 N–H and O–H groups in total. The van der Waals surface area contributed by atoms with Gasteiger partial charge in [0.2, 0.25) is 0 Å². The molecule has 5 atom stereocenters. The molecule has 5 unspecified atom stereocenters. The molecule has 0 heterocycles. The van der Waals surface area contributed by atoms with Gasteiger partial charge in [0.15, 0.2) is 6.10 Å². The number of allylic oxidation sites excluding steroid dienone is 28. The van der Waals surface area contributed by atoms with Crippen LogP contribution in [0.5, 0.6) is 0 Å². The topological polar surface area (TPSA) is 231 Å². The highest BCUT2D eigenvalue weighted by Crippen LogP contribution is 2.45. The Balaban J connectivity index is 4.51. The second-order valence-corrected chi connectivity index (χ2v) is 35.0. The fourth-order valence-corrected chi connectivity index (χ4v) is 14.8. The molecule has 0 fully saturated rings. The first-order valence-corrected chi connectivity index (χ1v) is 51.4. The number of aliphatic hydroxyl groups is 2. The number of unbranched alkanes of at least 4 members (excludes halogenated alkanes) is 40. The Labute approximate surface area is 739 Å². The highest BCUT2D eigenvalue weighted by molar-refractivity contribution is 7.47. The quantitative estimate of drug-likeness (QED) is 0.0146. The molecule has 0 aromatic heterocycles. The van der Waals surface area contributed by atoms with Crippen LogP contribution in [-0.4, -0.2) is 95.9 Å². The van der Waals surface area contributed by atoms with Crippen LogP contribution in [0.15, 0.2) is 170 Å². The summed E-state index contributed by atoms with van der Waals surface area (Å²) in [6.07, 6.45) is 123. The summed E-state index contributed by atoms with van der Waals surface area (Å²) >= 11 is 0. The molecule has 0 aliphatic carbocycles. The standard InChI is InChI=1S/C103H176O16P2/c1-4-7-10-13-16-19-22-25-28-31-34-36-38-40-42-44-46-48-50-52-54-56-58-60-63-65-68-71-74-77-80-83-86-89-101(106)113-92-98(104)93-115-120(109,110)116-94-99(105)95-117-121(111,112)118-97-100(119-103(108)91-88-85-82-79-76-73-70-67-62-33-30-27-24-21-18-15-12-9-6-3)96-114-102(107)90-87-84-81-78-75-72-69-66-64-61-59-57-55-53-51-49-47-45-43-41-39-37-35-32-29-26-23-20-17-14-11-8-5-2/h7-12,16-21,25-30,34-37,40-43,62,67,98-100,104-105H,4-6,13-15,22-24,31-33,38-39,44-61,63-66,68-97H2,1-3H3,(H,109,110)(H,111,112)/b10-7-,11-8-,12-9-,19-16-,20-17-,21-18-,28-25-,29-26-,30-27-,36-34-,37-35-,42-40-,43-41-,67-62-. The summed E-state index contributed by atoms with van der Waals surface area (Å²) in [4.78, 5) is 59.1. The van der Waals surface area contributed by atoms with Crippen LogP contribution in [0, 0.1) is 0 Å². The number of aliphatic hydroxyl groups excluding tert-OH is 2. The Kier molecular flexibility index (Phi) is 90.1. The van der Waals surface area contributed by atoms with Crippen molar-refractivity contribution < 1.29 is 75.8 Å². The van der Waals surface area contributed by atoms with Gasteiger partial charge < -0.3 is 34.2 Å². The number of hydrogen-bond acceptors (Lipinski definition) is 14. The van der Waals surface area contributed by atoms with Crippen LogP contribution in [0.25, 0.3) is 0 Å². The Morgan fingerprint density at radius 1 is 0.231 bits per heavy atom. The van der Waals surface area contributed by atoms with E-state index in [4.69, 9.17) is 32.3 Å². The van der Waals surface area contributed by atoms with E-state index in [9.17, 15) is 43.5 Å². The highest BCUT2D eigenvalue weighted by atomic mass is 31.2. The maximum atomic E-state index is 13.1. The minimum atomic E-state index is -4.95. The van der Waals surface area contributed by atoms with Crippen molar-refractivity contribution >= 4 is 33.6 Å². The minimum Gasteiger partial charge on any atom is -0.463 e. The Morgan fingerprint density at radius 3 is 0.653 bits per heavy atom. The maximum absolute atomic E-state index is 13.1. The van der Waals surface area contributed by atoms with Gasteiger partial charge in [-0.1, -0.05) is 409 Å². The predicted molar refractivity (Wildman–Crippen MR) is 509 cm³/mol. The van der Waals surface area contributed by atoms with Crippen molar-refractivity contribution in [2.75, 3.05) is 39.6 Å². The first-order chi connectivity index (χ1) is 59.2. The van der Waals surface area contributed by atoms with Gasteiger partial charge in [0.25, 0.3) is 0 Å². The summed E-state index contributed by atoms with van der Waals surface area (Å²) in [5.41, 5.74) is 0. The molecule has 121 heavy (non-hydrogen) atoms. The molecular formula is C103H176O16P2. The van der Waals surface area contributed by atoms with Crippen molar-refractivity contribution in [1.29, 1.82) is 0 Å². The largest absolute Gasteiger partial charge is 0.472 e. The van der Waals surface area contributed by atoms with E-state index in [-0.39, 0.29) is 19.3 Å². The molecule has 18 heteroatoms. The zero-order valence-electron chi connectivity index (χ0n) is 76.6. The summed E-state index contributed by atoms with van der Waals surface area (Å²) in [6, 6.07) is 0. The zero-order chi connectivity index (χ0) is 87.9. The number of phosphoric acid groups is 2. The number of rotatable bonds is 91. The van der Waals surface area contributed by atoms with Crippen molar-refractivity contribution in [3.8, 4) is 0 Å². The average Bonchev–Trinajstić information content (AvgIpc) is 0.895. The third-order valence-corrected chi connectivity index (χ3v) is 22.3. The molecule has 0 aliphatic rings. The highest BCUT2D eigenvalue weighted by Gasteiger charge is 2.30. The second kappa shape index (κ2) is 94.1. The molecule has 0 saturated carbocycles. The fraction of sp³-hybridized carbons (Fsp3) is 0.699. The first kappa shape index (κ1) is 116. The van der Waals surface area contributed by atoms with Gasteiger partial charge in [-0.3, -0.25) is 32.5 Å². The number of phosphoric ester groups is 2. The number of esters is 3. The average molecular weight is 1730 g/mol. The third-order valence-electron chi connectivity index (χ3n) is 20.4. The Morgan fingerprint density at radius 2 is 0.413 bits per heavy atom. The van der Waals surface area contributed by atoms with E-state index in [1.54, 1.807) is 0 Å². The molecule has 0 bridgehead atoms. The van der Waals surface area contributed by atoms with E-state index >= 15 is 0 Å². The SMILES string of the molecule is CC/C=C\C/C=C\C/C=C\C/C=C\C/C=C\CCCCCCCCCCCCCCCCCCCC(=O)OCC(O)COP(=O)(O)OCC(O)COP(=O)(O)OCC(COC(=O)CCCCCCCCCCCCCCCCCCC/C=C\C/C=C\C/C=C\C/C=C\C/C=C\CC)OC(=O)CCCCCCCC/C=C\C/C=C\C/C=C\C/C=C\CC.